The van der Waals surface area contributed by atoms with Crippen molar-refractivity contribution in [2.45, 2.75) is 33.2 Å². The van der Waals surface area contributed by atoms with E-state index in [4.69, 9.17) is 4.74 Å². The van der Waals surface area contributed by atoms with Crippen molar-refractivity contribution in [1.82, 2.24) is 10.2 Å². The van der Waals surface area contributed by atoms with E-state index < -0.39 is 0 Å². The molecule has 0 radical (unpaired) electrons. The zero-order chi connectivity index (χ0) is 19.2. The number of carbonyl (C=O) groups excluding carboxylic acids is 2. The van der Waals surface area contributed by atoms with Gasteiger partial charge in [0.15, 0.2) is 6.61 Å². The summed E-state index contributed by atoms with van der Waals surface area (Å²) < 4.78 is 5.67. The van der Waals surface area contributed by atoms with Crippen molar-refractivity contribution in [3.05, 3.63) is 64.7 Å². The van der Waals surface area contributed by atoms with Gasteiger partial charge in [-0.05, 0) is 55.5 Å². The minimum atomic E-state index is -0.186. The fourth-order valence-corrected chi connectivity index (χ4v) is 3.33. The number of amides is 2. The lowest BCUT2D eigenvalue weighted by Gasteiger charge is -2.16. The molecule has 3 rings (SSSR count). The van der Waals surface area contributed by atoms with E-state index >= 15 is 0 Å². The summed E-state index contributed by atoms with van der Waals surface area (Å²) in [5, 5.41) is 2.85. The molecule has 0 unspecified atom stereocenters. The zero-order valence-electron chi connectivity index (χ0n) is 16.0. The van der Waals surface area contributed by atoms with Crippen LogP contribution >= 0.6 is 0 Å². The lowest BCUT2D eigenvalue weighted by atomic mass is 10.1. The van der Waals surface area contributed by atoms with Gasteiger partial charge in [0.05, 0.1) is 0 Å². The molecule has 142 valence electrons. The topological polar surface area (TPSA) is 58.6 Å². The number of carbonyl (C=O) groups is 2. The Morgan fingerprint density at radius 3 is 2.41 bits per heavy atom. The van der Waals surface area contributed by atoms with E-state index in [-0.39, 0.29) is 18.4 Å². The first-order chi connectivity index (χ1) is 13.0. The molecule has 2 aromatic carbocycles. The number of hydrogen-bond donors (Lipinski definition) is 1. The van der Waals surface area contributed by atoms with Crippen LogP contribution in [0.2, 0.25) is 0 Å². The van der Waals surface area contributed by atoms with Gasteiger partial charge in [-0.1, -0.05) is 30.3 Å². The molecule has 0 bridgehead atoms. The van der Waals surface area contributed by atoms with E-state index in [1.54, 1.807) is 0 Å². The number of likely N-dealkylation sites (tertiary alicyclic amines) is 1. The van der Waals surface area contributed by atoms with Crippen molar-refractivity contribution >= 4 is 11.8 Å². The van der Waals surface area contributed by atoms with Crippen LogP contribution in [-0.4, -0.2) is 36.4 Å². The largest absolute Gasteiger partial charge is 0.483 e. The average molecular weight is 366 g/mol. The normalized spacial score (nSPS) is 13.5. The second-order valence-corrected chi connectivity index (χ2v) is 6.99. The minimum Gasteiger partial charge on any atom is -0.483 e. The molecule has 1 heterocycles. The summed E-state index contributed by atoms with van der Waals surface area (Å²) in [6.07, 6.45) is 2.14. The predicted octanol–water partition coefficient (Wildman–Crippen LogP) is 3.23. The Hall–Kier alpha value is -2.82. The molecule has 1 fully saturated rings. The van der Waals surface area contributed by atoms with Gasteiger partial charge in [0.25, 0.3) is 11.8 Å². The number of ether oxygens (including phenoxy) is 1. The maximum absolute atomic E-state index is 12.5. The first kappa shape index (κ1) is 19.0. The van der Waals surface area contributed by atoms with Crippen molar-refractivity contribution in [3.63, 3.8) is 0 Å². The third-order valence-corrected chi connectivity index (χ3v) is 4.81. The van der Waals surface area contributed by atoms with Gasteiger partial charge >= 0.3 is 0 Å². The zero-order valence-corrected chi connectivity index (χ0v) is 16.0. The summed E-state index contributed by atoms with van der Waals surface area (Å²) in [6, 6.07) is 13.3. The first-order valence-corrected chi connectivity index (χ1v) is 9.38. The number of hydrogen-bond acceptors (Lipinski definition) is 3. The van der Waals surface area contributed by atoms with Crippen LogP contribution in [0.5, 0.6) is 5.75 Å². The van der Waals surface area contributed by atoms with Gasteiger partial charge < -0.3 is 15.0 Å². The van der Waals surface area contributed by atoms with Crippen molar-refractivity contribution in [2.24, 2.45) is 0 Å². The lowest BCUT2D eigenvalue weighted by molar-refractivity contribution is -0.123. The van der Waals surface area contributed by atoms with Crippen molar-refractivity contribution in [1.29, 1.82) is 0 Å². The highest BCUT2D eigenvalue weighted by Gasteiger charge is 2.19. The SMILES string of the molecule is Cc1cccc(C)c1OCC(=O)NCc1cccc(C(=O)N2CCCC2)c1. The van der Waals surface area contributed by atoms with Crippen LogP contribution in [0, 0.1) is 13.8 Å². The molecule has 5 nitrogen and oxygen atoms in total. The molecule has 0 spiro atoms. The van der Waals surface area contributed by atoms with E-state index in [1.165, 1.54) is 0 Å². The third-order valence-electron chi connectivity index (χ3n) is 4.81. The molecular formula is C22H26N2O3. The Labute approximate surface area is 160 Å². The minimum absolute atomic E-state index is 0.0297. The molecule has 27 heavy (non-hydrogen) atoms. The lowest BCUT2D eigenvalue weighted by Crippen LogP contribution is -2.29. The van der Waals surface area contributed by atoms with Crippen molar-refractivity contribution in [2.75, 3.05) is 19.7 Å². The monoisotopic (exact) mass is 366 g/mol. The number of para-hydroxylation sites is 1. The average Bonchev–Trinajstić information content (AvgIpc) is 3.20. The molecule has 2 aromatic rings. The summed E-state index contributed by atoms with van der Waals surface area (Å²) >= 11 is 0. The Balaban J connectivity index is 1.53. The molecule has 5 heteroatoms. The van der Waals surface area contributed by atoms with Gasteiger partial charge in [0.2, 0.25) is 0 Å². The highest BCUT2D eigenvalue weighted by atomic mass is 16.5. The smallest absolute Gasteiger partial charge is 0.258 e. The predicted molar refractivity (Wildman–Crippen MR) is 105 cm³/mol. The fourth-order valence-electron chi connectivity index (χ4n) is 3.33. The molecule has 0 atom stereocenters. The Morgan fingerprint density at radius 2 is 1.70 bits per heavy atom. The Kier molecular flexibility index (Phi) is 6.12. The molecule has 2 amide bonds. The molecule has 0 aromatic heterocycles. The van der Waals surface area contributed by atoms with Crippen LogP contribution in [0.4, 0.5) is 0 Å². The third kappa shape index (κ3) is 4.88. The first-order valence-electron chi connectivity index (χ1n) is 9.38. The quantitative estimate of drug-likeness (QED) is 0.854. The molecule has 1 N–H and O–H groups in total. The highest BCUT2D eigenvalue weighted by Crippen LogP contribution is 2.22. The Morgan fingerprint density at radius 1 is 1.04 bits per heavy atom. The number of nitrogens with one attached hydrogen (secondary N) is 1. The van der Waals surface area contributed by atoms with Gasteiger partial charge in [0, 0.05) is 25.2 Å². The molecule has 1 aliphatic rings. The molecule has 1 saturated heterocycles. The van der Waals surface area contributed by atoms with E-state index in [0.717, 1.165) is 48.4 Å². The number of aryl methyl sites for hydroxylation is 2. The van der Waals surface area contributed by atoms with E-state index in [1.807, 2.05) is 61.2 Å². The van der Waals surface area contributed by atoms with Crippen LogP contribution < -0.4 is 10.1 Å². The molecule has 0 aliphatic carbocycles. The van der Waals surface area contributed by atoms with Gasteiger partial charge in [-0.3, -0.25) is 9.59 Å². The molecule has 0 saturated carbocycles. The fraction of sp³-hybridized carbons (Fsp3) is 0.364. The summed E-state index contributed by atoms with van der Waals surface area (Å²) in [4.78, 5) is 26.5. The van der Waals surface area contributed by atoms with Gasteiger partial charge in [-0.25, -0.2) is 0 Å². The summed E-state index contributed by atoms with van der Waals surface area (Å²) in [5.41, 5.74) is 3.60. The molecular weight excluding hydrogens is 340 g/mol. The summed E-state index contributed by atoms with van der Waals surface area (Å²) in [6.45, 7) is 5.92. The van der Waals surface area contributed by atoms with Crippen LogP contribution in [0.15, 0.2) is 42.5 Å². The van der Waals surface area contributed by atoms with Crippen molar-refractivity contribution < 1.29 is 14.3 Å². The van der Waals surface area contributed by atoms with Crippen LogP contribution in [-0.2, 0) is 11.3 Å². The van der Waals surface area contributed by atoms with Gasteiger partial charge in [-0.2, -0.15) is 0 Å². The van der Waals surface area contributed by atoms with Gasteiger partial charge in [0.1, 0.15) is 5.75 Å². The second-order valence-electron chi connectivity index (χ2n) is 6.99. The summed E-state index contributed by atoms with van der Waals surface area (Å²) in [7, 11) is 0. The maximum atomic E-state index is 12.5. The maximum Gasteiger partial charge on any atom is 0.258 e. The van der Waals surface area contributed by atoms with Crippen LogP contribution in [0.25, 0.3) is 0 Å². The van der Waals surface area contributed by atoms with Crippen molar-refractivity contribution in [3.8, 4) is 5.75 Å². The highest BCUT2D eigenvalue weighted by molar-refractivity contribution is 5.94. The van der Waals surface area contributed by atoms with E-state index in [2.05, 4.69) is 5.32 Å². The summed E-state index contributed by atoms with van der Waals surface area (Å²) in [5.74, 6) is 0.638. The standard InChI is InChI=1S/C22H26N2O3/c1-16-7-5-8-17(2)21(16)27-15-20(25)23-14-18-9-6-10-19(13-18)22(26)24-11-3-4-12-24/h5-10,13H,3-4,11-12,14-15H2,1-2H3,(H,23,25). The number of benzene rings is 2. The number of rotatable bonds is 6. The molecule has 1 aliphatic heterocycles. The van der Waals surface area contributed by atoms with Crippen LogP contribution in [0.3, 0.4) is 0 Å². The van der Waals surface area contributed by atoms with Crippen LogP contribution in [0.1, 0.15) is 39.9 Å². The Bertz CT molecular complexity index is 806. The van der Waals surface area contributed by atoms with E-state index in [0.29, 0.717) is 12.1 Å². The van der Waals surface area contributed by atoms with Gasteiger partial charge in [-0.15, -0.1) is 0 Å². The second kappa shape index (κ2) is 8.71. The van der Waals surface area contributed by atoms with E-state index in [9.17, 15) is 9.59 Å². The number of nitrogens with zero attached hydrogens (tertiary/aromatic N) is 1.